The number of aromatic nitrogens is 2. The minimum absolute atomic E-state index is 0.0879. The van der Waals surface area contributed by atoms with Gasteiger partial charge in [0.05, 0.1) is 0 Å². The van der Waals surface area contributed by atoms with Crippen molar-refractivity contribution in [2.75, 3.05) is 0 Å². The van der Waals surface area contributed by atoms with Gasteiger partial charge < -0.3 is 5.73 Å². The van der Waals surface area contributed by atoms with Crippen LogP contribution in [0.4, 0.5) is 4.39 Å². The van der Waals surface area contributed by atoms with Crippen molar-refractivity contribution < 1.29 is 4.39 Å². The van der Waals surface area contributed by atoms with Crippen molar-refractivity contribution in [3.05, 3.63) is 48.0 Å². The molecule has 0 saturated heterocycles. The Hall–Kier alpha value is -1.68. The minimum atomic E-state index is -0.269. The Morgan fingerprint density at radius 2 is 2.29 bits per heavy atom. The predicted octanol–water partition coefficient (Wildman–Crippen LogP) is 2.29. The summed E-state index contributed by atoms with van der Waals surface area (Å²) in [4.78, 5) is 0. The molecule has 1 aromatic carbocycles. The summed E-state index contributed by atoms with van der Waals surface area (Å²) in [6, 6.07) is 7.02. The Morgan fingerprint density at radius 1 is 1.47 bits per heavy atom. The molecule has 0 bridgehead atoms. The first-order valence-corrected chi connectivity index (χ1v) is 5.74. The molecule has 17 heavy (non-hydrogen) atoms. The van der Waals surface area contributed by atoms with Crippen LogP contribution in [0, 0.1) is 5.82 Å². The maximum Gasteiger partial charge on any atom is 0.149 e. The predicted molar refractivity (Wildman–Crippen MR) is 65.5 cm³/mol. The average Bonchev–Trinajstić information content (AvgIpc) is 2.82. The average molecular weight is 233 g/mol. The molecule has 0 aliphatic carbocycles. The van der Waals surface area contributed by atoms with Crippen LogP contribution in [0.2, 0.25) is 0 Å². The molecule has 2 aromatic rings. The summed E-state index contributed by atoms with van der Waals surface area (Å²) in [6.45, 7) is 2.03. The molecule has 0 radical (unpaired) electrons. The molecule has 0 fully saturated rings. The van der Waals surface area contributed by atoms with Gasteiger partial charge in [-0.3, -0.25) is 0 Å². The molecule has 2 N–H and O–H groups in total. The van der Waals surface area contributed by atoms with Crippen LogP contribution in [0.5, 0.6) is 0 Å². The lowest BCUT2D eigenvalue weighted by molar-refractivity contribution is 0.601. The van der Waals surface area contributed by atoms with Crippen LogP contribution in [0.15, 0.2) is 36.7 Å². The zero-order chi connectivity index (χ0) is 12.3. The molecule has 1 heterocycles. The van der Waals surface area contributed by atoms with Gasteiger partial charge in [0, 0.05) is 18.4 Å². The molecule has 1 atom stereocenters. The fourth-order valence-corrected chi connectivity index (χ4v) is 1.72. The Morgan fingerprint density at radius 3 is 2.88 bits per heavy atom. The van der Waals surface area contributed by atoms with E-state index < -0.39 is 0 Å². The van der Waals surface area contributed by atoms with Gasteiger partial charge >= 0.3 is 0 Å². The monoisotopic (exact) mass is 233 g/mol. The number of halogens is 1. The summed E-state index contributed by atoms with van der Waals surface area (Å²) in [5.41, 5.74) is 7.23. The van der Waals surface area contributed by atoms with Crippen LogP contribution in [-0.4, -0.2) is 15.8 Å². The van der Waals surface area contributed by atoms with E-state index in [1.165, 1.54) is 10.7 Å². The molecule has 4 heteroatoms. The zero-order valence-corrected chi connectivity index (χ0v) is 9.81. The molecule has 0 aliphatic heterocycles. The van der Waals surface area contributed by atoms with Crippen LogP contribution < -0.4 is 5.73 Å². The summed E-state index contributed by atoms with van der Waals surface area (Å²) < 4.78 is 15.4. The standard InChI is InChI=1S/C13H16FN3/c1-2-11(15)8-10-4-5-13(12(14)9-10)17-7-3-6-16-17/h3-7,9,11H,2,8,15H2,1H3. The zero-order valence-electron chi connectivity index (χ0n) is 9.81. The second-order valence-corrected chi connectivity index (χ2v) is 4.11. The highest BCUT2D eigenvalue weighted by molar-refractivity contribution is 5.36. The second-order valence-electron chi connectivity index (χ2n) is 4.11. The molecule has 3 nitrogen and oxygen atoms in total. The maximum absolute atomic E-state index is 13.9. The first kappa shape index (κ1) is 11.8. The van der Waals surface area contributed by atoms with E-state index in [1.807, 2.05) is 13.0 Å². The quantitative estimate of drug-likeness (QED) is 0.880. The van der Waals surface area contributed by atoms with Crippen LogP contribution in [0.3, 0.4) is 0 Å². The molecular formula is C13H16FN3. The van der Waals surface area contributed by atoms with Gasteiger partial charge in [-0.15, -0.1) is 0 Å². The van der Waals surface area contributed by atoms with Crippen molar-refractivity contribution >= 4 is 0 Å². The number of benzene rings is 1. The van der Waals surface area contributed by atoms with Gasteiger partial charge in [-0.05, 0) is 36.6 Å². The molecule has 0 amide bonds. The van der Waals surface area contributed by atoms with Crippen molar-refractivity contribution in [3.63, 3.8) is 0 Å². The lowest BCUT2D eigenvalue weighted by atomic mass is 10.0. The highest BCUT2D eigenvalue weighted by Crippen LogP contribution is 2.15. The smallest absolute Gasteiger partial charge is 0.149 e. The minimum Gasteiger partial charge on any atom is -0.327 e. The van der Waals surface area contributed by atoms with Crippen molar-refractivity contribution in [3.8, 4) is 5.69 Å². The number of nitrogens with zero attached hydrogens (tertiary/aromatic N) is 2. The van der Waals surface area contributed by atoms with Gasteiger partial charge in [0.2, 0.25) is 0 Å². The molecule has 2 rings (SSSR count). The largest absolute Gasteiger partial charge is 0.327 e. The van der Waals surface area contributed by atoms with Gasteiger partial charge in [0.25, 0.3) is 0 Å². The third kappa shape index (κ3) is 2.71. The van der Waals surface area contributed by atoms with E-state index in [9.17, 15) is 4.39 Å². The molecule has 0 spiro atoms. The summed E-state index contributed by atoms with van der Waals surface area (Å²) in [7, 11) is 0. The Labute approximate surface area is 100 Å². The first-order chi connectivity index (χ1) is 8.20. The van der Waals surface area contributed by atoms with Crippen molar-refractivity contribution in [2.24, 2.45) is 5.73 Å². The van der Waals surface area contributed by atoms with E-state index in [0.717, 1.165) is 12.0 Å². The summed E-state index contributed by atoms with van der Waals surface area (Å²) in [5.74, 6) is -0.269. The van der Waals surface area contributed by atoms with Crippen LogP contribution in [-0.2, 0) is 6.42 Å². The van der Waals surface area contributed by atoms with E-state index in [2.05, 4.69) is 5.10 Å². The van der Waals surface area contributed by atoms with Crippen LogP contribution >= 0.6 is 0 Å². The van der Waals surface area contributed by atoms with E-state index in [0.29, 0.717) is 12.1 Å². The summed E-state index contributed by atoms with van der Waals surface area (Å²) >= 11 is 0. The summed E-state index contributed by atoms with van der Waals surface area (Å²) in [6.07, 6.45) is 4.94. The van der Waals surface area contributed by atoms with E-state index >= 15 is 0 Å². The maximum atomic E-state index is 13.9. The number of hydrogen-bond acceptors (Lipinski definition) is 2. The van der Waals surface area contributed by atoms with Gasteiger partial charge in [-0.25, -0.2) is 9.07 Å². The molecule has 0 saturated carbocycles. The van der Waals surface area contributed by atoms with E-state index in [-0.39, 0.29) is 11.9 Å². The first-order valence-electron chi connectivity index (χ1n) is 5.74. The number of nitrogens with two attached hydrogens (primary N) is 1. The summed E-state index contributed by atoms with van der Waals surface area (Å²) in [5, 5.41) is 4.01. The van der Waals surface area contributed by atoms with Crippen molar-refractivity contribution in [1.82, 2.24) is 9.78 Å². The normalized spacial score (nSPS) is 12.6. The third-order valence-electron chi connectivity index (χ3n) is 2.79. The molecule has 0 aliphatic rings. The fraction of sp³-hybridized carbons (Fsp3) is 0.308. The molecule has 90 valence electrons. The van der Waals surface area contributed by atoms with Gasteiger partial charge in [0.15, 0.2) is 0 Å². The highest BCUT2D eigenvalue weighted by atomic mass is 19.1. The highest BCUT2D eigenvalue weighted by Gasteiger charge is 2.07. The Balaban J connectivity index is 2.23. The van der Waals surface area contributed by atoms with Gasteiger partial charge in [0.1, 0.15) is 11.5 Å². The molecule has 1 aromatic heterocycles. The molecule has 1 unspecified atom stereocenters. The van der Waals surface area contributed by atoms with E-state index in [1.54, 1.807) is 24.5 Å². The SMILES string of the molecule is CCC(N)Cc1ccc(-n2cccn2)c(F)c1. The lowest BCUT2D eigenvalue weighted by Crippen LogP contribution is -2.21. The van der Waals surface area contributed by atoms with Gasteiger partial charge in [-0.1, -0.05) is 13.0 Å². The van der Waals surface area contributed by atoms with Crippen molar-refractivity contribution in [1.29, 1.82) is 0 Å². The second kappa shape index (κ2) is 5.10. The molecular weight excluding hydrogens is 217 g/mol. The Kier molecular flexibility index (Phi) is 3.54. The van der Waals surface area contributed by atoms with Gasteiger partial charge in [-0.2, -0.15) is 5.10 Å². The number of hydrogen-bond donors (Lipinski definition) is 1. The van der Waals surface area contributed by atoms with E-state index in [4.69, 9.17) is 5.73 Å². The fourth-order valence-electron chi connectivity index (χ4n) is 1.72. The number of rotatable bonds is 4. The third-order valence-corrected chi connectivity index (χ3v) is 2.79. The lowest BCUT2D eigenvalue weighted by Gasteiger charge is -2.10. The van der Waals surface area contributed by atoms with Crippen LogP contribution in [0.25, 0.3) is 5.69 Å². The topological polar surface area (TPSA) is 43.8 Å². The van der Waals surface area contributed by atoms with Crippen LogP contribution in [0.1, 0.15) is 18.9 Å². The Bertz CT molecular complexity index is 479. The van der Waals surface area contributed by atoms with Crippen molar-refractivity contribution in [2.45, 2.75) is 25.8 Å².